The molecule has 0 radical (unpaired) electrons. The number of para-hydroxylation sites is 1. The number of nitrogens with zero attached hydrogens (tertiary/aromatic N) is 7. The number of ether oxygens (including phenoxy) is 1. The number of halogens is 5. The predicted molar refractivity (Wildman–Crippen MR) is 213 cm³/mol. The summed E-state index contributed by atoms with van der Waals surface area (Å²) in [6.07, 6.45) is -2.38. The average Bonchev–Trinajstić information content (AvgIpc) is 3.60. The number of carbonyl (C=O) groups excluding carboxylic acids is 4. The molecule has 1 aliphatic carbocycles. The highest BCUT2D eigenvalue weighted by Crippen LogP contribution is 2.41. The number of aromatic nitrogens is 2. The minimum atomic E-state index is -4.81. The third kappa shape index (κ3) is 8.26. The molecular weight excluding hydrogens is 814 g/mol. The first-order valence-electron chi connectivity index (χ1n) is 19.7. The van der Waals surface area contributed by atoms with Crippen LogP contribution >= 0.6 is 12.2 Å². The molecule has 5 amide bonds. The Balaban J connectivity index is 0.885. The Labute approximate surface area is 347 Å². The van der Waals surface area contributed by atoms with Crippen molar-refractivity contribution in [3.05, 3.63) is 47.5 Å². The number of likely N-dealkylation sites (tertiary alicyclic amines) is 1. The molecule has 20 heteroatoms. The van der Waals surface area contributed by atoms with E-state index in [1.165, 1.54) is 20.5 Å². The molecule has 3 saturated heterocycles. The number of fused-ring (bicyclic) bond motifs is 1. The van der Waals surface area contributed by atoms with Crippen LogP contribution < -0.4 is 20.4 Å². The highest BCUT2D eigenvalue weighted by atomic mass is 32.1. The molecule has 4 heterocycles. The minimum Gasteiger partial charge on any atom is -0.378 e. The van der Waals surface area contributed by atoms with Crippen LogP contribution in [0, 0.1) is 17.2 Å². The van der Waals surface area contributed by atoms with Crippen molar-refractivity contribution in [1.82, 2.24) is 24.9 Å². The van der Waals surface area contributed by atoms with Gasteiger partial charge in [0.1, 0.15) is 5.54 Å². The van der Waals surface area contributed by atoms with E-state index in [1.54, 1.807) is 50.1 Å². The van der Waals surface area contributed by atoms with Crippen molar-refractivity contribution in [2.75, 3.05) is 47.9 Å². The number of amides is 5. The van der Waals surface area contributed by atoms with Gasteiger partial charge in [0, 0.05) is 44.0 Å². The number of piperidine rings is 1. The zero-order chi connectivity index (χ0) is 43.3. The first-order chi connectivity index (χ1) is 28.3. The average molecular weight is 858 g/mol. The zero-order valence-electron chi connectivity index (χ0n) is 33.2. The summed E-state index contributed by atoms with van der Waals surface area (Å²) in [7, 11) is 1.65. The van der Waals surface area contributed by atoms with E-state index in [0.717, 1.165) is 17.0 Å². The van der Waals surface area contributed by atoms with Gasteiger partial charge in [0.2, 0.25) is 11.8 Å². The quantitative estimate of drug-likeness (QED) is 0.185. The number of hydrogen-bond donors (Lipinski definition) is 2. The zero-order valence-corrected chi connectivity index (χ0v) is 34.0. The molecule has 0 spiro atoms. The van der Waals surface area contributed by atoms with E-state index in [4.69, 9.17) is 17.0 Å². The van der Waals surface area contributed by atoms with E-state index < -0.39 is 59.1 Å². The van der Waals surface area contributed by atoms with Gasteiger partial charge in [0.25, 0.3) is 11.8 Å². The first kappa shape index (κ1) is 42.8. The first-order valence-corrected chi connectivity index (χ1v) is 20.1. The second-order valence-electron chi connectivity index (χ2n) is 16.2. The normalized spacial score (nSPS) is 23.6. The van der Waals surface area contributed by atoms with Gasteiger partial charge >= 0.3 is 12.2 Å². The number of carbonyl (C=O) groups is 4. The van der Waals surface area contributed by atoms with Crippen molar-refractivity contribution in [2.45, 2.75) is 88.6 Å². The Kier molecular flexibility index (Phi) is 11.6. The van der Waals surface area contributed by atoms with E-state index in [2.05, 4.69) is 15.7 Å². The number of imide groups is 1. The van der Waals surface area contributed by atoms with Crippen molar-refractivity contribution in [2.24, 2.45) is 13.0 Å². The molecule has 3 aliphatic heterocycles. The third-order valence-corrected chi connectivity index (χ3v) is 12.2. The molecule has 2 N–H and O–H groups in total. The Morgan fingerprint density at radius 2 is 1.82 bits per heavy atom. The predicted octanol–water partition coefficient (Wildman–Crippen LogP) is 5.94. The molecule has 0 bridgehead atoms. The van der Waals surface area contributed by atoms with Gasteiger partial charge in [-0.1, -0.05) is 6.07 Å². The van der Waals surface area contributed by atoms with E-state index in [9.17, 15) is 37.6 Å². The summed E-state index contributed by atoms with van der Waals surface area (Å²) in [4.78, 5) is 56.5. The van der Waals surface area contributed by atoms with Crippen molar-refractivity contribution in [1.29, 1.82) is 5.26 Å². The van der Waals surface area contributed by atoms with E-state index in [1.807, 2.05) is 0 Å². The lowest BCUT2D eigenvalue weighted by Crippen LogP contribution is -2.51. The molecule has 320 valence electrons. The number of alkyl halides is 5. The summed E-state index contributed by atoms with van der Waals surface area (Å²) in [6.45, 7) is 3.02. The van der Waals surface area contributed by atoms with Crippen LogP contribution in [0.4, 0.5) is 43.9 Å². The Morgan fingerprint density at radius 3 is 2.48 bits per heavy atom. The fraction of sp³-hybridized carbons (Fsp3) is 0.525. The summed E-state index contributed by atoms with van der Waals surface area (Å²) in [5.74, 6) is -5.05. The van der Waals surface area contributed by atoms with Gasteiger partial charge in [-0.15, -0.1) is 0 Å². The molecule has 1 saturated carbocycles. The molecule has 14 nitrogen and oxygen atoms in total. The van der Waals surface area contributed by atoms with Crippen molar-refractivity contribution in [3.8, 4) is 6.07 Å². The van der Waals surface area contributed by atoms with Gasteiger partial charge in [-0.25, -0.2) is 13.6 Å². The number of benzene rings is 2. The van der Waals surface area contributed by atoms with Crippen LogP contribution in [0.2, 0.25) is 0 Å². The molecule has 60 heavy (non-hydrogen) atoms. The number of nitriles is 1. The van der Waals surface area contributed by atoms with Gasteiger partial charge in [-0.05, 0) is 101 Å². The lowest BCUT2D eigenvalue weighted by atomic mass is 9.88. The van der Waals surface area contributed by atoms with Crippen LogP contribution in [0.15, 0.2) is 36.4 Å². The third-order valence-electron chi connectivity index (χ3n) is 11.9. The topological polar surface area (TPSA) is 156 Å². The molecule has 4 aliphatic rings. The van der Waals surface area contributed by atoms with Crippen molar-refractivity contribution >= 4 is 69.2 Å². The second kappa shape index (κ2) is 16.3. The fourth-order valence-electron chi connectivity index (χ4n) is 8.83. The lowest BCUT2D eigenvalue weighted by molar-refractivity contribution is -0.138. The highest BCUT2D eigenvalue weighted by Gasteiger charge is 2.53. The molecule has 1 aromatic heterocycles. The van der Waals surface area contributed by atoms with E-state index >= 15 is 8.78 Å². The molecule has 1 atom stereocenters. The summed E-state index contributed by atoms with van der Waals surface area (Å²) in [5, 5.41) is 19.4. The van der Waals surface area contributed by atoms with Crippen LogP contribution in [-0.4, -0.2) is 105 Å². The van der Waals surface area contributed by atoms with Crippen LogP contribution in [-0.2, 0) is 32.3 Å². The number of urea groups is 1. The largest absolute Gasteiger partial charge is 0.417 e. The SMILES string of the molecule is Cn1nc(N2CCC(=O)NC2=O)c2cccc(NC(=O)CN3CCC(CCO[C@H]4CC[C@H](N5C(=S)N(c6ccc(C#N)c(C(F)(F)F)c6)C(=O)C5(C)C)CC4)C(F)(F)C3)c21. The summed E-state index contributed by atoms with van der Waals surface area (Å²) in [6, 6.07) is 8.89. The van der Waals surface area contributed by atoms with Gasteiger partial charge in [0.15, 0.2) is 10.9 Å². The number of thiocarbonyl (C=S) groups is 1. The molecule has 3 aromatic rings. The number of hydrogen-bond acceptors (Lipinski definition) is 9. The van der Waals surface area contributed by atoms with E-state index in [0.29, 0.717) is 48.1 Å². The second-order valence-corrected chi connectivity index (χ2v) is 16.6. The maximum Gasteiger partial charge on any atom is 0.417 e. The fourth-order valence-corrected chi connectivity index (χ4v) is 9.39. The van der Waals surface area contributed by atoms with Gasteiger partial charge in [0.05, 0.1) is 53.3 Å². The Bertz CT molecular complexity index is 2270. The molecule has 1 unspecified atom stereocenters. The van der Waals surface area contributed by atoms with Gasteiger partial charge in [-0.2, -0.15) is 23.5 Å². The van der Waals surface area contributed by atoms with Crippen LogP contribution in [0.3, 0.4) is 0 Å². The summed E-state index contributed by atoms with van der Waals surface area (Å²) < 4.78 is 79.7. The monoisotopic (exact) mass is 857 g/mol. The number of rotatable bonds is 10. The van der Waals surface area contributed by atoms with E-state index in [-0.39, 0.29) is 74.4 Å². The van der Waals surface area contributed by atoms with Crippen LogP contribution in [0.5, 0.6) is 0 Å². The van der Waals surface area contributed by atoms with Crippen LogP contribution in [0.1, 0.15) is 69.9 Å². The Morgan fingerprint density at radius 1 is 1.08 bits per heavy atom. The lowest BCUT2D eigenvalue weighted by Gasteiger charge is -2.41. The smallest absolute Gasteiger partial charge is 0.378 e. The number of nitrogens with one attached hydrogen (secondary N) is 2. The van der Waals surface area contributed by atoms with Crippen LogP contribution in [0.25, 0.3) is 10.9 Å². The van der Waals surface area contributed by atoms with Gasteiger partial charge < -0.3 is 15.0 Å². The Hall–Kier alpha value is -5.26. The van der Waals surface area contributed by atoms with Crippen molar-refractivity contribution in [3.63, 3.8) is 0 Å². The summed E-state index contributed by atoms with van der Waals surface area (Å²) >= 11 is 5.68. The maximum atomic E-state index is 15.5. The highest BCUT2D eigenvalue weighted by molar-refractivity contribution is 7.80. The molecular formula is C40H44F5N9O5S. The van der Waals surface area contributed by atoms with Gasteiger partial charge in [-0.3, -0.25) is 39.1 Å². The minimum absolute atomic E-state index is 0.0722. The molecule has 4 fully saturated rings. The van der Waals surface area contributed by atoms with Crippen molar-refractivity contribution < 1.29 is 45.9 Å². The molecule has 7 rings (SSSR count). The number of aryl methyl sites for hydroxylation is 1. The summed E-state index contributed by atoms with van der Waals surface area (Å²) in [5.41, 5.74) is -2.02. The standard InChI is InChI=1S/C40H44F5N9O5S/c1-38(2)35(57)53(26-8-7-23(20-46)29(19-26)40(43,44)45)37(60)54(38)25-9-11-27(12-10-25)59-18-15-24-13-16-51(22-39(24,41)42)21-32(56)47-30-6-4-5-28-33(30)50(3)49-34(28)52-17-14-31(55)48-36(52)58/h4-8,19,24-25,27H,9-18,21-22H2,1-3H3,(H,47,56)(H,48,55,58)/t24?,25-,27-. The molecule has 2 aromatic carbocycles. The maximum absolute atomic E-state index is 15.5. The number of anilines is 3.